The van der Waals surface area contributed by atoms with Crippen molar-refractivity contribution >= 4 is 11.9 Å². The fourth-order valence-corrected chi connectivity index (χ4v) is 1.52. The summed E-state index contributed by atoms with van der Waals surface area (Å²) < 4.78 is 9.61. The third-order valence-electron chi connectivity index (χ3n) is 2.52. The summed E-state index contributed by atoms with van der Waals surface area (Å²) in [5.74, 6) is 0.122. The molecule has 0 bridgehead atoms. The van der Waals surface area contributed by atoms with Gasteiger partial charge in [0.25, 0.3) is 0 Å². The fraction of sp³-hybridized carbons (Fsp3) is 0.231. The maximum atomic E-state index is 11.3. The van der Waals surface area contributed by atoms with Gasteiger partial charge in [-0.15, -0.1) is 0 Å². The van der Waals surface area contributed by atoms with Crippen molar-refractivity contribution in [1.82, 2.24) is 15.5 Å². The van der Waals surface area contributed by atoms with Crippen LogP contribution in [0.15, 0.2) is 28.8 Å². The smallest absolute Gasteiger partial charge is 0.337 e. The van der Waals surface area contributed by atoms with E-state index in [-0.39, 0.29) is 12.5 Å². The quantitative estimate of drug-likeness (QED) is 0.841. The zero-order chi connectivity index (χ0) is 14.5. The number of ether oxygens (including phenoxy) is 1. The number of carbonyl (C=O) groups is 2. The molecule has 0 aliphatic rings. The van der Waals surface area contributed by atoms with Gasteiger partial charge in [0.05, 0.1) is 19.2 Å². The van der Waals surface area contributed by atoms with E-state index in [1.165, 1.54) is 14.0 Å². The van der Waals surface area contributed by atoms with Crippen LogP contribution in [0.2, 0.25) is 0 Å². The minimum atomic E-state index is -0.406. The molecule has 1 aromatic heterocycles. The van der Waals surface area contributed by atoms with Gasteiger partial charge in [-0.3, -0.25) is 4.79 Å². The molecule has 2 aromatic rings. The number of nitrogens with one attached hydrogen (secondary N) is 1. The lowest BCUT2D eigenvalue weighted by molar-refractivity contribution is -0.119. The van der Waals surface area contributed by atoms with Crippen molar-refractivity contribution in [2.75, 3.05) is 7.11 Å². The molecule has 7 heteroatoms. The van der Waals surface area contributed by atoms with E-state index in [0.717, 1.165) is 0 Å². The molecule has 0 fully saturated rings. The second kappa shape index (κ2) is 5.96. The van der Waals surface area contributed by atoms with Crippen molar-refractivity contribution in [2.24, 2.45) is 0 Å². The third-order valence-corrected chi connectivity index (χ3v) is 2.52. The van der Waals surface area contributed by atoms with Crippen molar-refractivity contribution in [3.8, 4) is 11.4 Å². The molecule has 0 radical (unpaired) electrons. The van der Waals surface area contributed by atoms with Gasteiger partial charge in [-0.1, -0.05) is 17.3 Å². The van der Waals surface area contributed by atoms with Crippen molar-refractivity contribution in [3.63, 3.8) is 0 Å². The molecule has 0 saturated heterocycles. The summed E-state index contributed by atoms with van der Waals surface area (Å²) in [5.41, 5.74) is 1.15. The predicted octanol–water partition coefficient (Wildman–Crippen LogP) is 1.16. The minimum absolute atomic E-state index is 0.174. The molecule has 20 heavy (non-hydrogen) atoms. The Kier molecular flexibility index (Phi) is 4.09. The van der Waals surface area contributed by atoms with Gasteiger partial charge < -0.3 is 14.6 Å². The highest BCUT2D eigenvalue weighted by atomic mass is 16.5. The molecule has 1 aromatic carbocycles. The Balaban J connectivity index is 2.11. The lowest BCUT2D eigenvalue weighted by atomic mass is 10.1. The van der Waals surface area contributed by atoms with E-state index in [2.05, 4.69) is 20.2 Å². The topological polar surface area (TPSA) is 94.3 Å². The zero-order valence-electron chi connectivity index (χ0n) is 11.0. The van der Waals surface area contributed by atoms with Crippen LogP contribution >= 0.6 is 0 Å². The number of rotatable bonds is 4. The standard InChI is InChI=1S/C13H13N3O4/c1-8(17)14-7-11-15-12(16-20-11)9-3-5-10(6-4-9)13(18)19-2/h3-6H,7H2,1-2H3,(H,14,17). The normalized spacial score (nSPS) is 10.1. The molecular weight excluding hydrogens is 262 g/mol. The minimum Gasteiger partial charge on any atom is -0.465 e. The summed E-state index contributed by atoms with van der Waals surface area (Å²) in [4.78, 5) is 26.2. The molecule has 2 rings (SSSR count). The lowest BCUT2D eigenvalue weighted by Gasteiger charge is -1.99. The number of hydrogen-bond acceptors (Lipinski definition) is 6. The molecule has 1 heterocycles. The van der Waals surface area contributed by atoms with Crippen molar-refractivity contribution < 1.29 is 18.8 Å². The average Bonchev–Trinajstić information content (AvgIpc) is 2.93. The molecule has 0 unspecified atom stereocenters. The van der Waals surface area contributed by atoms with Gasteiger partial charge in [0.2, 0.25) is 17.6 Å². The number of hydrogen-bond donors (Lipinski definition) is 1. The van der Waals surface area contributed by atoms with Crippen LogP contribution in [-0.4, -0.2) is 29.1 Å². The van der Waals surface area contributed by atoms with E-state index in [4.69, 9.17) is 4.52 Å². The van der Waals surface area contributed by atoms with Crippen molar-refractivity contribution in [1.29, 1.82) is 0 Å². The summed E-state index contributed by atoms with van der Waals surface area (Å²) in [7, 11) is 1.32. The molecule has 0 aliphatic carbocycles. The predicted molar refractivity (Wildman–Crippen MR) is 68.6 cm³/mol. The summed E-state index contributed by atoms with van der Waals surface area (Å²) in [5, 5.41) is 6.37. The number of esters is 1. The van der Waals surface area contributed by atoms with Crippen LogP contribution in [0, 0.1) is 0 Å². The van der Waals surface area contributed by atoms with Gasteiger partial charge in [0.15, 0.2) is 0 Å². The van der Waals surface area contributed by atoms with E-state index in [1.807, 2.05) is 0 Å². The largest absolute Gasteiger partial charge is 0.465 e. The highest BCUT2D eigenvalue weighted by Gasteiger charge is 2.10. The Bertz CT molecular complexity index is 619. The van der Waals surface area contributed by atoms with E-state index in [0.29, 0.717) is 22.8 Å². The van der Waals surface area contributed by atoms with Gasteiger partial charge in [0, 0.05) is 12.5 Å². The van der Waals surface area contributed by atoms with Crippen LogP contribution in [0.1, 0.15) is 23.2 Å². The van der Waals surface area contributed by atoms with Crippen LogP contribution < -0.4 is 5.32 Å². The van der Waals surface area contributed by atoms with Crippen LogP contribution in [0.4, 0.5) is 0 Å². The van der Waals surface area contributed by atoms with E-state index in [1.54, 1.807) is 24.3 Å². The molecule has 7 nitrogen and oxygen atoms in total. The van der Waals surface area contributed by atoms with E-state index in [9.17, 15) is 9.59 Å². The molecule has 0 spiro atoms. The van der Waals surface area contributed by atoms with Gasteiger partial charge >= 0.3 is 5.97 Å². The fourth-order valence-electron chi connectivity index (χ4n) is 1.52. The Hall–Kier alpha value is -2.70. The van der Waals surface area contributed by atoms with Crippen LogP contribution in [0.25, 0.3) is 11.4 Å². The molecule has 104 valence electrons. The number of amides is 1. The zero-order valence-corrected chi connectivity index (χ0v) is 11.0. The summed E-state index contributed by atoms with van der Waals surface area (Å²) in [6.45, 7) is 1.59. The first kappa shape index (κ1) is 13.7. The number of methoxy groups -OCH3 is 1. The second-order valence-corrected chi connectivity index (χ2v) is 3.99. The summed E-state index contributed by atoms with van der Waals surface area (Å²) in [6, 6.07) is 6.62. The van der Waals surface area contributed by atoms with Gasteiger partial charge in [-0.05, 0) is 12.1 Å². The average molecular weight is 275 g/mol. The highest BCUT2D eigenvalue weighted by molar-refractivity contribution is 5.89. The molecule has 0 aliphatic heterocycles. The van der Waals surface area contributed by atoms with Crippen LogP contribution in [0.5, 0.6) is 0 Å². The van der Waals surface area contributed by atoms with Gasteiger partial charge in [-0.25, -0.2) is 4.79 Å². The molecule has 1 amide bonds. The lowest BCUT2D eigenvalue weighted by Crippen LogP contribution is -2.18. The van der Waals surface area contributed by atoms with E-state index >= 15 is 0 Å². The summed E-state index contributed by atoms with van der Waals surface area (Å²) >= 11 is 0. The van der Waals surface area contributed by atoms with Crippen LogP contribution in [-0.2, 0) is 16.1 Å². The highest BCUT2D eigenvalue weighted by Crippen LogP contribution is 2.16. The summed E-state index contributed by atoms with van der Waals surface area (Å²) in [6.07, 6.45) is 0. The Morgan fingerprint density at radius 2 is 2.00 bits per heavy atom. The monoisotopic (exact) mass is 275 g/mol. The van der Waals surface area contributed by atoms with Crippen LogP contribution in [0.3, 0.4) is 0 Å². The van der Waals surface area contributed by atoms with Gasteiger partial charge in [0.1, 0.15) is 0 Å². The molecule has 1 N–H and O–H groups in total. The first-order valence-corrected chi connectivity index (χ1v) is 5.86. The second-order valence-electron chi connectivity index (χ2n) is 3.99. The number of benzene rings is 1. The number of aromatic nitrogens is 2. The Labute approximate surface area is 114 Å². The Morgan fingerprint density at radius 1 is 1.30 bits per heavy atom. The SMILES string of the molecule is COC(=O)c1ccc(-c2noc(CNC(C)=O)n2)cc1. The van der Waals surface area contributed by atoms with E-state index < -0.39 is 5.97 Å². The van der Waals surface area contributed by atoms with Crippen molar-refractivity contribution in [3.05, 3.63) is 35.7 Å². The maximum absolute atomic E-state index is 11.3. The maximum Gasteiger partial charge on any atom is 0.337 e. The first-order chi connectivity index (χ1) is 9.60. The van der Waals surface area contributed by atoms with Gasteiger partial charge in [-0.2, -0.15) is 4.98 Å². The van der Waals surface area contributed by atoms with Crippen molar-refractivity contribution in [2.45, 2.75) is 13.5 Å². The first-order valence-electron chi connectivity index (χ1n) is 5.86. The number of carbonyl (C=O) groups excluding carboxylic acids is 2. The third kappa shape index (κ3) is 3.19. The molecule has 0 saturated carbocycles. The number of nitrogens with zero attached hydrogens (tertiary/aromatic N) is 2. The molecular formula is C13H13N3O4. The molecule has 0 atom stereocenters. The Morgan fingerprint density at radius 3 is 2.60 bits per heavy atom.